The van der Waals surface area contributed by atoms with E-state index in [2.05, 4.69) is 24.8 Å². The first-order valence-corrected chi connectivity index (χ1v) is 11.6. The second-order valence-corrected chi connectivity index (χ2v) is 8.99. The van der Waals surface area contributed by atoms with Gasteiger partial charge in [-0.1, -0.05) is 16.7 Å². The summed E-state index contributed by atoms with van der Waals surface area (Å²) in [7, 11) is 4.09. The Morgan fingerprint density at radius 3 is 2.09 bits per heavy atom. The SMILES string of the molecule is CN(C)c1ccc(N=Nc2ccc(N=Nc3n(C)cc[n+]3C)cc2Cl)cc1.CS(=O)(=O)O[O-]. The molecular weight excluding hydrogens is 470 g/mol. The van der Waals surface area contributed by atoms with Crippen molar-refractivity contribution in [2.24, 2.45) is 34.6 Å². The Bertz CT molecular complexity index is 1220. The van der Waals surface area contributed by atoms with Crippen molar-refractivity contribution in [3.63, 3.8) is 0 Å². The van der Waals surface area contributed by atoms with Crippen LogP contribution in [0.25, 0.3) is 0 Å². The summed E-state index contributed by atoms with van der Waals surface area (Å²) in [4.78, 5) is 2.03. The highest BCUT2D eigenvalue weighted by molar-refractivity contribution is 7.85. The molecule has 3 aromatic rings. The second kappa shape index (κ2) is 11.6. The Morgan fingerprint density at radius 1 is 1.03 bits per heavy atom. The summed E-state index contributed by atoms with van der Waals surface area (Å²) >= 11 is 6.31. The van der Waals surface area contributed by atoms with Gasteiger partial charge in [0.25, 0.3) is 10.1 Å². The van der Waals surface area contributed by atoms with Crippen molar-refractivity contribution in [3.8, 4) is 0 Å². The number of hydrogen-bond donors (Lipinski definition) is 0. The van der Waals surface area contributed by atoms with Gasteiger partial charge in [0.1, 0.15) is 11.4 Å². The van der Waals surface area contributed by atoms with Crippen LogP contribution in [0.1, 0.15) is 0 Å². The Balaban J connectivity index is 0.000000569. The van der Waals surface area contributed by atoms with Crippen LogP contribution in [-0.2, 0) is 28.5 Å². The first-order valence-electron chi connectivity index (χ1n) is 9.43. The van der Waals surface area contributed by atoms with Gasteiger partial charge in [0, 0.05) is 24.9 Å². The first kappa shape index (κ1) is 26.1. The van der Waals surface area contributed by atoms with E-state index >= 15 is 0 Å². The third-order valence-electron chi connectivity index (χ3n) is 4.09. The molecule has 0 aliphatic heterocycles. The molecule has 0 aliphatic rings. The van der Waals surface area contributed by atoms with Crippen LogP contribution in [-0.4, -0.2) is 33.3 Å². The highest BCUT2D eigenvalue weighted by Gasteiger charge is 2.10. The molecule has 0 unspecified atom stereocenters. The predicted molar refractivity (Wildman–Crippen MR) is 123 cm³/mol. The number of imidazole rings is 1. The van der Waals surface area contributed by atoms with E-state index in [1.165, 1.54) is 0 Å². The van der Waals surface area contributed by atoms with Crippen molar-refractivity contribution < 1.29 is 22.6 Å². The Hall–Kier alpha value is -3.19. The van der Waals surface area contributed by atoms with E-state index in [1.807, 2.05) is 85.0 Å². The zero-order chi connectivity index (χ0) is 24.6. The molecule has 1 heterocycles. The van der Waals surface area contributed by atoms with Crippen LogP contribution >= 0.6 is 11.6 Å². The standard InChI is InChI=1S/C19H21ClN7.CH4O4S/c1-25(2)16-8-5-14(6-9-16)21-23-18-10-7-15(13-17(18)20)22-24-19-26(3)11-12-27(19)4;1-6(3,4)5-2/h5-13H,1-4H3;2H,1H3/q+1;/p-1. The zero-order valence-corrected chi connectivity index (χ0v) is 20.3. The van der Waals surface area contributed by atoms with Crippen molar-refractivity contribution in [1.82, 2.24) is 4.57 Å². The molecule has 0 N–H and O–H groups in total. The van der Waals surface area contributed by atoms with Crippen molar-refractivity contribution in [2.45, 2.75) is 0 Å². The largest absolute Gasteiger partial charge is 0.707 e. The zero-order valence-electron chi connectivity index (χ0n) is 18.7. The summed E-state index contributed by atoms with van der Waals surface area (Å²) in [6.07, 6.45) is 4.51. The molecule has 176 valence electrons. The maximum Gasteiger partial charge on any atom is 0.421 e. The third kappa shape index (κ3) is 8.35. The topological polar surface area (TPSA) is 128 Å². The molecule has 11 nitrogen and oxygen atoms in total. The van der Waals surface area contributed by atoms with E-state index in [0.717, 1.165) is 17.3 Å². The molecule has 33 heavy (non-hydrogen) atoms. The highest BCUT2D eigenvalue weighted by atomic mass is 35.5. The molecular formula is C20H24ClN7O4S. The molecule has 1 aromatic heterocycles. The number of anilines is 1. The summed E-state index contributed by atoms with van der Waals surface area (Å²) in [6, 6.07) is 13.1. The van der Waals surface area contributed by atoms with Crippen LogP contribution < -0.4 is 14.7 Å². The molecule has 2 aromatic carbocycles. The molecule has 0 spiro atoms. The van der Waals surface area contributed by atoms with Gasteiger partial charge in [0.2, 0.25) is 0 Å². The molecule has 0 saturated heterocycles. The van der Waals surface area contributed by atoms with Crippen LogP contribution in [0.2, 0.25) is 5.02 Å². The second-order valence-electron chi connectivity index (χ2n) is 7.04. The number of aromatic nitrogens is 2. The van der Waals surface area contributed by atoms with Gasteiger partial charge in [-0.25, -0.2) is 17.6 Å². The monoisotopic (exact) mass is 493 g/mol. The van der Waals surface area contributed by atoms with Gasteiger partial charge >= 0.3 is 5.95 Å². The van der Waals surface area contributed by atoms with Crippen molar-refractivity contribution in [1.29, 1.82) is 0 Å². The number of azo groups is 2. The Morgan fingerprint density at radius 2 is 1.61 bits per heavy atom. The minimum atomic E-state index is -3.72. The Kier molecular flexibility index (Phi) is 9.17. The van der Waals surface area contributed by atoms with Gasteiger partial charge in [-0.3, -0.25) is 0 Å². The third-order valence-corrected chi connectivity index (χ3v) is 4.64. The smallest absolute Gasteiger partial charge is 0.421 e. The number of halogens is 1. The molecule has 0 radical (unpaired) electrons. The minimum Gasteiger partial charge on any atom is -0.707 e. The summed E-state index contributed by atoms with van der Waals surface area (Å²) in [5, 5.41) is 26.3. The average molecular weight is 494 g/mol. The molecule has 0 atom stereocenters. The summed E-state index contributed by atoms with van der Waals surface area (Å²) in [5.74, 6) is 0.732. The van der Waals surface area contributed by atoms with E-state index < -0.39 is 10.1 Å². The number of aryl methyl sites for hydroxylation is 2. The van der Waals surface area contributed by atoms with Crippen LogP contribution in [0.3, 0.4) is 0 Å². The molecule has 0 fully saturated rings. The van der Waals surface area contributed by atoms with Crippen molar-refractivity contribution in [3.05, 3.63) is 59.9 Å². The lowest BCUT2D eigenvalue weighted by Crippen LogP contribution is -2.25. The molecule has 0 amide bonds. The van der Waals surface area contributed by atoms with Crippen molar-refractivity contribution >= 4 is 50.4 Å². The van der Waals surface area contributed by atoms with Crippen LogP contribution in [0.4, 0.5) is 28.7 Å². The van der Waals surface area contributed by atoms with Crippen molar-refractivity contribution in [2.75, 3.05) is 25.3 Å². The van der Waals surface area contributed by atoms with E-state index in [4.69, 9.17) is 16.9 Å². The predicted octanol–water partition coefficient (Wildman–Crippen LogP) is 3.64. The fraction of sp³-hybridized carbons (Fsp3) is 0.250. The van der Waals surface area contributed by atoms with Gasteiger partial charge in [0.15, 0.2) is 0 Å². The van der Waals surface area contributed by atoms with Gasteiger partial charge in [-0.2, -0.15) is 5.11 Å². The fourth-order valence-corrected chi connectivity index (χ4v) is 2.61. The number of nitrogens with zero attached hydrogens (tertiary/aromatic N) is 7. The van der Waals surface area contributed by atoms with Gasteiger partial charge < -0.3 is 14.5 Å². The van der Waals surface area contributed by atoms with E-state index in [9.17, 15) is 8.42 Å². The molecule has 13 heteroatoms. The van der Waals surface area contributed by atoms with Crippen LogP contribution in [0.5, 0.6) is 0 Å². The number of rotatable bonds is 6. The molecule has 3 rings (SSSR count). The van der Waals surface area contributed by atoms with Crippen LogP contribution in [0, 0.1) is 0 Å². The lowest BCUT2D eigenvalue weighted by Gasteiger charge is -2.11. The number of benzene rings is 2. The summed E-state index contributed by atoms with van der Waals surface area (Å²) in [5.41, 5.74) is 3.09. The maximum absolute atomic E-state index is 9.47. The number of hydrogen-bond acceptors (Lipinski definition) is 9. The summed E-state index contributed by atoms with van der Waals surface area (Å²) < 4.78 is 25.4. The lowest BCUT2D eigenvalue weighted by atomic mass is 10.3. The van der Waals surface area contributed by atoms with Crippen LogP contribution in [0.15, 0.2) is 75.3 Å². The quantitative estimate of drug-likeness (QED) is 0.224. The summed E-state index contributed by atoms with van der Waals surface area (Å²) in [6.45, 7) is 0. The normalized spacial score (nSPS) is 11.6. The van der Waals surface area contributed by atoms with Gasteiger partial charge in [-0.15, -0.1) is 5.11 Å². The molecule has 0 aliphatic carbocycles. The first-order chi connectivity index (χ1) is 15.5. The Labute approximate surface area is 197 Å². The maximum atomic E-state index is 9.47. The van der Waals surface area contributed by atoms with E-state index in [-0.39, 0.29) is 0 Å². The molecule has 0 bridgehead atoms. The minimum absolute atomic E-state index is 0.469. The van der Waals surface area contributed by atoms with E-state index in [0.29, 0.717) is 22.7 Å². The van der Waals surface area contributed by atoms with Gasteiger partial charge in [0.05, 0.1) is 43.5 Å². The average Bonchev–Trinajstić information content (AvgIpc) is 3.09. The van der Waals surface area contributed by atoms with Gasteiger partial charge in [-0.05, 0) is 42.5 Å². The highest BCUT2D eigenvalue weighted by Crippen LogP contribution is 2.31. The lowest BCUT2D eigenvalue weighted by molar-refractivity contribution is -0.657. The van der Waals surface area contributed by atoms with E-state index in [1.54, 1.807) is 12.1 Å². The fourth-order valence-electron chi connectivity index (χ4n) is 2.39. The molecule has 0 saturated carbocycles.